The van der Waals surface area contributed by atoms with Crippen molar-refractivity contribution in [2.75, 3.05) is 39.3 Å². The highest BCUT2D eigenvalue weighted by Crippen LogP contribution is 2.25. The highest BCUT2D eigenvalue weighted by atomic mass is 32.2. The second kappa shape index (κ2) is 9.65. The van der Waals surface area contributed by atoms with Crippen molar-refractivity contribution in [3.63, 3.8) is 0 Å². The number of nitriles is 1. The van der Waals surface area contributed by atoms with E-state index in [4.69, 9.17) is 5.26 Å². The number of sulfonamides is 1. The van der Waals surface area contributed by atoms with Gasteiger partial charge in [0.05, 0.1) is 10.5 Å². The van der Waals surface area contributed by atoms with Crippen LogP contribution in [0.5, 0.6) is 0 Å². The Morgan fingerprint density at radius 3 is 2.55 bits per heavy atom. The van der Waals surface area contributed by atoms with E-state index in [1.165, 1.54) is 23.2 Å². The third-order valence-electron chi connectivity index (χ3n) is 5.67. The predicted molar refractivity (Wildman–Crippen MR) is 106 cm³/mol. The van der Waals surface area contributed by atoms with E-state index in [-0.39, 0.29) is 35.4 Å². The monoisotopic (exact) mass is 422 g/mol. The maximum atomic E-state index is 13.5. The van der Waals surface area contributed by atoms with E-state index in [0.717, 1.165) is 38.2 Å². The number of hydrogen-bond acceptors (Lipinski definition) is 5. The Kier molecular flexibility index (Phi) is 7.22. The summed E-state index contributed by atoms with van der Waals surface area (Å²) in [7, 11) is -3.81. The number of nitrogens with one attached hydrogen (secondary N) is 1. The first-order valence-corrected chi connectivity index (χ1v) is 11.6. The zero-order valence-electron chi connectivity index (χ0n) is 16.4. The van der Waals surface area contributed by atoms with Crippen molar-refractivity contribution >= 4 is 15.9 Å². The van der Waals surface area contributed by atoms with E-state index in [0.29, 0.717) is 19.4 Å². The van der Waals surface area contributed by atoms with Crippen LogP contribution in [0.25, 0.3) is 0 Å². The van der Waals surface area contributed by atoms with Crippen LogP contribution in [-0.4, -0.2) is 62.8 Å². The van der Waals surface area contributed by atoms with Crippen molar-refractivity contribution in [3.8, 4) is 6.07 Å². The lowest BCUT2D eigenvalue weighted by atomic mass is 9.97. The van der Waals surface area contributed by atoms with Gasteiger partial charge in [0.1, 0.15) is 11.9 Å². The lowest BCUT2D eigenvalue weighted by molar-refractivity contribution is -0.126. The zero-order chi connectivity index (χ0) is 20.9. The Hall–Kier alpha value is -2.02. The van der Waals surface area contributed by atoms with Gasteiger partial charge in [-0.15, -0.1) is 0 Å². The van der Waals surface area contributed by atoms with Crippen LogP contribution in [0.1, 0.15) is 37.7 Å². The number of carbonyl (C=O) groups excluding carboxylic acids is 1. The van der Waals surface area contributed by atoms with Crippen molar-refractivity contribution in [3.05, 3.63) is 29.6 Å². The van der Waals surface area contributed by atoms with Crippen molar-refractivity contribution in [1.82, 2.24) is 14.5 Å². The largest absolute Gasteiger partial charge is 0.356 e. The van der Waals surface area contributed by atoms with Crippen LogP contribution in [-0.2, 0) is 14.8 Å². The molecule has 0 radical (unpaired) electrons. The lowest BCUT2D eigenvalue weighted by Gasteiger charge is -2.30. The molecule has 1 N–H and O–H groups in total. The summed E-state index contributed by atoms with van der Waals surface area (Å²) in [6.45, 7) is 4.39. The number of likely N-dealkylation sites (tertiary alicyclic amines) is 1. The second-order valence-corrected chi connectivity index (χ2v) is 9.56. The summed E-state index contributed by atoms with van der Waals surface area (Å²) in [5.41, 5.74) is -0.297. The molecule has 0 aromatic heterocycles. The Balaban J connectivity index is 1.47. The van der Waals surface area contributed by atoms with Crippen LogP contribution in [0.3, 0.4) is 0 Å². The molecule has 0 bridgehead atoms. The fourth-order valence-electron chi connectivity index (χ4n) is 3.92. The van der Waals surface area contributed by atoms with Crippen LogP contribution in [0, 0.1) is 23.1 Å². The summed E-state index contributed by atoms with van der Waals surface area (Å²) < 4.78 is 40.3. The molecule has 0 unspecified atom stereocenters. The van der Waals surface area contributed by atoms with Gasteiger partial charge in [0.2, 0.25) is 15.9 Å². The number of piperidine rings is 1. The van der Waals surface area contributed by atoms with Crippen molar-refractivity contribution < 1.29 is 17.6 Å². The quantitative estimate of drug-likeness (QED) is 0.675. The molecule has 1 aromatic rings. The van der Waals surface area contributed by atoms with E-state index < -0.39 is 15.8 Å². The molecule has 7 nitrogen and oxygen atoms in total. The van der Waals surface area contributed by atoms with Gasteiger partial charge in [0.15, 0.2) is 0 Å². The van der Waals surface area contributed by atoms with Gasteiger partial charge in [-0.1, -0.05) is 0 Å². The summed E-state index contributed by atoms with van der Waals surface area (Å²) in [5, 5.41) is 11.9. The third kappa shape index (κ3) is 5.32. The van der Waals surface area contributed by atoms with Gasteiger partial charge >= 0.3 is 0 Å². The van der Waals surface area contributed by atoms with E-state index in [1.807, 2.05) is 0 Å². The molecule has 1 amide bonds. The van der Waals surface area contributed by atoms with Gasteiger partial charge in [0, 0.05) is 25.6 Å². The van der Waals surface area contributed by atoms with Crippen molar-refractivity contribution in [1.29, 1.82) is 5.26 Å². The highest BCUT2D eigenvalue weighted by molar-refractivity contribution is 7.89. The maximum Gasteiger partial charge on any atom is 0.243 e. The van der Waals surface area contributed by atoms with Gasteiger partial charge in [0.25, 0.3) is 0 Å². The van der Waals surface area contributed by atoms with Gasteiger partial charge in [-0.25, -0.2) is 12.8 Å². The van der Waals surface area contributed by atoms with E-state index in [1.54, 1.807) is 6.07 Å². The fraction of sp³-hybridized carbons (Fsp3) is 0.600. The number of carbonyl (C=O) groups is 1. The number of nitrogens with zero attached hydrogens (tertiary/aromatic N) is 3. The number of hydrogen-bond donors (Lipinski definition) is 1. The van der Waals surface area contributed by atoms with Crippen LogP contribution in [0.4, 0.5) is 4.39 Å². The highest BCUT2D eigenvalue weighted by Gasteiger charge is 2.32. The van der Waals surface area contributed by atoms with Gasteiger partial charge in [-0.05, 0) is 69.9 Å². The summed E-state index contributed by atoms with van der Waals surface area (Å²) >= 11 is 0. The normalized spacial score (nSPS) is 19.2. The Bertz CT molecular complexity index is 870. The van der Waals surface area contributed by atoms with Crippen LogP contribution < -0.4 is 5.32 Å². The zero-order valence-corrected chi connectivity index (χ0v) is 17.3. The number of rotatable bonds is 7. The summed E-state index contributed by atoms with van der Waals surface area (Å²) in [5.74, 6) is -0.959. The molecule has 2 heterocycles. The molecule has 1 aromatic carbocycles. The van der Waals surface area contributed by atoms with Gasteiger partial charge < -0.3 is 10.2 Å². The molecule has 2 aliphatic rings. The van der Waals surface area contributed by atoms with Crippen molar-refractivity contribution in [2.45, 2.75) is 37.0 Å². The first kappa shape index (κ1) is 21.7. The minimum atomic E-state index is -3.81. The first-order chi connectivity index (χ1) is 13.9. The Morgan fingerprint density at radius 2 is 1.90 bits per heavy atom. The van der Waals surface area contributed by atoms with Gasteiger partial charge in [-0.3, -0.25) is 4.79 Å². The minimum Gasteiger partial charge on any atom is -0.356 e. The first-order valence-electron chi connectivity index (χ1n) is 10.1. The molecule has 0 atom stereocenters. The predicted octanol–water partition coefficient (Wildman–Crippen LogP) is 1.70. The molecule has 29 heavy (non-hydrogen) atoms. The van der Waals surface area contributed by atoms with E-state index >= 15 is 0 Å². The molecule has 2 saturated heterocycles. The molecule has 2 aliphatic heterocycles. The molecule has 9 heteroatoms. The van der Waals surface area contributed by atoms with E-state index in [2.05, 4.69) is 10.2 Å². The second-order valence-electron chi connectivity index (χ2n) is 7.63. The van der Waals surface area contributed by atoms with Crippen LogP contribution in [0.15, 0.2) is 23.1 Å². The van der Waals surface area contributed by atoms with Crippen molar-refractivity contribution in [2.24, 2.45) is 5.92 Å². The van der Waals surface area contributed by atoms with E-state index in [9.17, 15) is 17.6 Å². The molecule has 2 fully saturated rings. The summed E-state index contributed by atoms with van der Waals surface area (Å²) in [6, 6.07) is 4.89. The maximum absolute atomic E-state index is 13.5. The number of benzene rings is 1. The molecule has 0 spiro atoms. The Labute approximate surface area is 171 Å². The molecule has 0 saturated carbocycles. The SMILES string of the molecule is N#Cc1cc(S(=O)(=O)N2CCC(C(=O)NCCCN3CCCC3)CC2)ccc1F. The van der Waals surface area contributed by atoms with Crippen LogP contribution in [0.2, 0.25) is 0 Å². The number of amides is 1. The summed E-state index contributed by atoms with van der Waals surface area (Å²) in [6.07, 6.45) is 4.32. The lowest BCUT2D eigenvalue weighted by Crippen LogP contribution is -2.43. The fourth-order valence-corrected chi connectivity index (χ4v) is 5.42. The molecule has 158 valence electrons. The smallest absolute Gasteiger partial charge is 0.243 e. The molecule has 0 aliphatic carbocycles. The molecule has 3 rings (SSSR count). The third-order valence-corrected chi connectivity index (χ3v) is 7.56. The minimum absolute atomic E-state index is 0.0166. The van der Waals surface area contributed by atoms with Crippen LogP contribution >= 0.6 is 0 Å². The summed E-state index contributed by atoms with van der Waals surface area (Å²) in [4.78, 5) is 14.7. The molecular formula is C20H27FN4O3S. The average Bonchev–Trinajstić information content (AvgIpc) is 3.25. The van der Waals surface area contributed by atoms with Gasteiger partial charge in [-0.2, -0.15) is 9.57 Å². The average molecular weight is 423 g/mol. The Morgan fingerprint density at radius 1 is 1.21 bits per heavy atom. The number of halogens is 1. The standard InChI is InChI=1S/C20H27FN4O3S/c21-19-5-4-18(14-17(19)15-22)29(27,28)25-12-6-16(7-13-25)20(26)23-8-3-11-24-9-1-2-10-24/h4-5,14,16H,1-3,6-13H2,(H,23,26). The topological polar surface area (TPSA) is 93.5 Å². The molecular weight excluding hydrogens is 395 g/mol.